The van der Waals surface area contributed by atoms with Crippen LogP contribution in [-0.4, -0.2) is 41.6 Å². The molecule has 1 heterocycles. The Balaban J connectivity index is 1.22. The molecule has 1 aliphatic heterocycles. The van der Waals surface area contributed by atoms with E-state index in [4.69, 9.17) is 27.9 Å². The second kappa shape index (κ2) is 6.67. The van der Waals surface area contributed by atoms with Gasteiger partial charge in [-0.25, -0.2) is 0 Å². The number of likely N-dealkylation sites (tertiary alicyclic amines) is 1. The van der Waals surface area contributed by atoms with Gasteiger partial charge in [-0.2, -0.15) is 0 Å². The lowest BCUT2D eigenvalue weighted by atomic mass is 9.63. The topological polar surface area (TPSA) is 80.8 Å². The Bertz CT molecular complexity index is 953. The molecule has 3 fully saturated rings. The number of ether oxygens (including phenoxy) is 1. The highest BCUT2D eigenvalue weighted by atomic mass is 35.5. The van der Waals surface area contributed by atoms with Gasteiger partial charge in [-0.15, -0.1) is 0 Å². The average molecular weight is 434 g/mol. The Morgan fingerprint density at radius 2 is 1.66 bits per heavy atom. The van der Waals surface area contributed by atoms with Gasteiger partial charge in [-0.05, 0) is 48.3 Å². The molecule has 2 saturated carbocycles. The van der Waals surface area contributed by atoms with Crippen LogP contribution in [0.25, 0.3) is 0 Å². The van der Waals surface area contributed by atoms with Gasteiger partial charge in [-0.3, -0.25) is 24.1 Å². The number of hydrogen-bond acceptors (Lipinski definition) is 5. The van der Waals surface area contributed by atoms with Gasteiger partial charge in [0.25, 0.3) is 0 Å². The summed E-state index contributed by atoms with van der Waals surface area (Å²) in [4.78, 5) is 51.2. The van der Waals surface area contributed by atoms with Crippen molar-refractivity contribution in [3.63, 3.8) is 0 Å². The van der Waals surface area contributed by atoms with Crippen molar-refractivity contribution in [3.8, 4) is 0 Å². The van der Waals surface area contributed by atoms with Crippen LogP contribution in [-0.2, 0) is 19.1 Å². The fraction of sp³-hybridized carbons (Fsp3) is 0.429. The molecular weight excluding hydrogens is 417 g/mol. The molecule has 1 aromatic rings. The van der Waals surface area contributed by atoms with E-state index in [9.17, 15) is 19.2 Å². The van der Waals surface area contributed by atoms with Crippen LogP contribution in [0.3, 0.4) is 0 Å². The van der Waals surface area contributed by atoms with Crippen molar-refractivity contribution in [1.29, 1.82) is 0 Å². The van der Waals surface area contributed by atoms with E-state index in [-0.39, 0.29) is 46.1 Å². The van der Waals surface area contributed by atoms with Gasteiger partial charge in [0.1, 0.15) is 6.54 Å². The van der Waals surface area contributed by atoms with Gasteiger partial charge >= 0.3 is 5.97 Å². The molecule has 150 valence electrons. The summed E-state index contributed by atoms with van der Waals surface area (Å²) in [5.74, 6) is -1.41. The fourth-order valence-corrected chi connectivity index (χ4v) is 5.80. The summed E-state index contributed by atoms with van der Waals surface area (Å²) < 4.78 is 5.01. The van der Waals surface area contributed by atoms with E-state index in [0.717, 1.165) is 11.3 Å². The molecule has 1 aromatic carbocycles. The first-order chi connectivity index (χ1) is 13.9. The molecule has 2 bridgehead atoms. The number of nitrogens with zero attached hydrogens (tertiary/aromatic N) is 1. The quantitative estimate of drug-likeness (QED) is 0.308. The lowest BCUT2D eigenvalue weighted by Crippen LogP contribution is -2.40. The minimum absolute atomic E-state index is 0.0982. The van der Waals surface area contributed by atoms with E-state index in [1.165, 1.54) is 18.2 Å². The number of benzene rings is 1. The number of halogens is 2. The van der Waals surface area contributed by atoms with E-state index < -0.39 is 24.9 Å². The van der Waals surface area contributed by atoms with Gasteiger partial charge < -0.3 is 4.74 Å². The maximum absolute atomic E-state index is 12.8. The highest BCUT2D eigenvalue weighted by molar-refractivity contribution is 6.36. The summed E-state index contributed by atoms with van der Waals surface area (Å²) in [7, 11) is 0. The third kappa shape index (κ3) is 2.92. The minimum Gasteiger partial charge on any atom is -0.456 e. The normalized spacial score (nSPS) is 33.5. The van der Waals surface area contributed by atoms with Crippen molar-refractivity contribution < 1.29 is 23.9 Å². The van der Waals surface area contributed by atoms with E-state index >= 15 is 0 Å². The van der Waals surface area contributed by atoms with Crippen LogP contribution in [0.1, 0.15) is 16.8 Å². The van der Waals surface area contributed by atoms with E-state index in [0.29, 0.717) is 16.9 Å². The molecule has 5 aliphatic rings. The Morgan fingerprint density at radius 1 is 1.03 bits per heavy atom. The van der Waals surface area contributed by atoms with E-state index in [2.05, 4.69) is 12.2 Å². The predicted octanol–water partition coefficient (Wildman–Crippen LogP) is 2.77. The number of allylic oxidation sites excluding steroid dienone is 2. The van der Waals surface area contributed by atoms with Crippen LogP contribution in [0.4, 0.5) is 0 Å². The fourth-order valence-electron chi connectivity index (χ4n) is 5.29. The molecule has 2 amide bonds. The SMILES string of the molecule is O=C(CN1C(=O)[C@@H]2[C@H]3C=C[C@H]([C@H]4C[C@H]34)[C@@H]2C1=O)OCC(=O)c1ccc(Cl)cc1Cl. The Morgan fingerprint density at radius 3 is 2.24 bits per heavy atom. The highest BCUT2D eigenvalue weighted by Gasteiger charge is 2.67. The van der Waals surface area contributed by atoms with Crippen molar-refractivity contribution >= 4 is 46.8 Å². The molecule has 0 N–H and O–H groups in total. The molecular formula is C21H17Cl2NO5. The van der Waals surface area contributed by atoms with Gasteiger partial charge in [-0.1, -0.05) is 35.4 Å². The minimum atomic E-state index is -0.797. The number of Topliss-reactive ketones (excluding diaryl/α,β-unsaturated/α-hetero) is 1. The zero-order valence-corrected chi connectivity index (χ0v) is 16.7. The van der Waals surface area contributed by atoms with Gasteiger partial charge in [0.2, 0.25) is 17.6 Å². The van der Waals surface area contributed by atoms with Gasteiger partial charge in [0, 0.05) is 10.6 Å². The maximum atomic E-state index is 12.8. The molecule has 6 atom stereocenters. The summed E-state index contributed by atoms with van der Waals surface area (Å²) in [6.45, 7) is -0.999. The number of esters is 1. The largest absolute Gasteiger partial charge is 0.456 e. The van der Waals surface area contributed by atoms with Crippen molar-refractivity contribution in [2.45, 2.75) is 6.42 Å². The summed E-state index contributed by atoms with van der Waals surface area (Å²) in [6, 6.07) is 4.39. The second-order valence-electron chi connectivity index (χ2n) is 8.13. The molecule has 6 nitrogen and oxygen atoms in total. The highest BCUT2D eigenvalue weighted by Crippen LogP contribution is 2.65. The summed E-state index contributed by atoms with van der Waals surface area (Å²) in [6.07, 6.45) is 5.22. The molecule has 0 unspecified atom stereocenters. The first-order valence-electron chi connectivity index (χ1n) is 9.54. The molecule has 0 spiro atoms. The van der Waals surface area contributed by atoms with Gasteiger partial charge in [0.05, 0.1) is 16.9 Å². The van der Waals surface area contributed by atoms with Crippen LogP contribution >= 0.6 is 23.2 Å². The first-order valence-corrected chi connectivity index (χ1v) is 10.3. The molecule has 1 saturated heterocycles. The summed E-state index contributed by atoms with van der Waals surface area (Å²) in [5.41, 5.74) is 0.185. The van der Waals surface area contributed by atoms with Crippen LogP contribution in [0, 0.1) is 35.5 Å². The van der Waals surface area contributed by atoms with Crippen molar-refractivity contribution in [2.75, 3.05) is 13.2 Å². The third-order valence-corrected chi connectivity index (χ3v) is 7.18. The number of hydrogen-bond donors (Lipinski definition) is 0. The molecule has 29 heavy (non-hydrogen) atoms. The number of carbonyl (C=O) groups is 4. The van der Waals surface area contributed by atoms with E-state index in [1.807, 2.05) is 0 Å². The first kappa shape index (κ1) is 18.8. The number of carbonyl (C=O) groups excluding carboxylic acids is 4. The van der Waals surface area contributed by atoms with Gasteiger partial charge in [0.15, 0.2) is 6.61 Å². The number of imide groups is 1. The average Bonchev–Trinajstić information content (AvgIpc) is 3.47. The Kier molecular flexibility index (Phi) is 4.33. The third-order valence-electron chi connectivity index (χ3n) is 6.64. The van der Waals surface area contributed by atoms with Crippen molar-refractivity contribution in [2.24, 2.45) is 35.5 Å². The van der Waals surface area contributed by atoms with Crippen LogP contribution < -0.4 is 0 Å². The number of amides is 2. The second-order valence-corrected chi connectivity index (χ2v) is 8.97. The number of rotatable bonds is 5. The Hall–Kier alpha value is -2.18. The molecule has 0 radical (unpaired) electrons. The van der Waals surface area contributed by atoms with Crippen molar-refractivity contribution in [1.82, 2.24) is 4.90 Å². The zero-order chi connectivity index (χ0) is 20.4. The smallest absolute Gasteiger partial charge is 0.326 e. The summed E-state index contributed by atoms with van der Waals surface area (Å²) >= 11 is 11.8. The molecule has 4 aliphatic carbocycles. The lowest BCUT2D eigenvalue weighted by molar-refractivity contribution is -0.152. The monoisotopic (exact) mass is 433 g/mol. The van der Waals surface area contributed by atoms with Crippen molar-refractivity contribution in [3.05, 3.63) is 46.0 Å². The summed E-state index contributed by atoms with van der Waals surface area (Å²) in [5, 5.41) is 0.547. The maximum Gasteiger partial charge on any atom is 0.326 e. The molecule has 6 rings (SSSR count). The van der Waals surface area contributed by atoms with Crippen LogP contribution in [0.2, 0.25) is 10.0 Å². The predicted molar refractivity (Wildman–Crippen MR) is 103 cm³/mol. The Labute approximate surface area is 176 Å². The van der Waals surface area contributed by atoms with Crippen LogP contribution in [0.15, 0.2) is 30.4 Å². The van der Waals surface area contributed by atoms with Crippen LogP contribution in [0.5, 0.6) is 0 Å². The lowest BCUT2D eigenvalue weighted by Gasteiger charge is -2.37. The standard InChI is InChI=1S/C21H17Cl2NO5/c22-9-1-2-12(15(23)5-9)16(25)8-29-17(26)7-24-20(27)18-10-3-4-11(14-6-13(10)14)19(18)21(24)28/h1-5,10-11,13-14,18-19H,6-8H2/t10-,11+,13-,14-,18+,19-/m1/s1. The number of ketones is 1. The molecule has 0 aromatic heterocycles. The van der Waals surface area contributed by atoms with E-state index in [1.54, 1.807) is 0 Å². The molecule has 8 heteroatoms. The zero-order valence-electron chi connectivity index (χ0n) is 15.2.